The maximum atomic E-state index is 5.84. The molecule has 0 bridgehead atoms. The van der Waals surface area contributed by atoms with Crippen molar-refractivity contribution in [1.29, 1.82) is 0 Å². The number of aromatic nitrogens is 3. The molecule has 0 fully saturated rings. The molecule has 2 N–H and O–H groups in total. The highest BCUT2D eigenvalue weighted by Crippen LogP contribution is 2.20. The second-order valence-corrected chi connectivity index (χ2v) is 3.56. The normalized spacial score (nSPS) is 11.3. The summed E-state index contributed by atoms with van der Waals surface area (Å²) in [7, 11) is 0. The number of nitrogens with zero attached hydrogens (tertiary/aromatic N) is 3. The predicted molar refractivity (Wildman–Crippen MR) is 59.6 cm³/mol. The molecule has 0 saturated heterocycles. The molecule has 2 aromatic heterocycles. The predicted octanol–water partition coefficient (Wildman–Crippen LogP) is 1.77. The quantitative estimate of drug-likeness (QED) is 0.599. The second kappa shape index (κ2) is 2.70. The van der Waals surface area contributed by atoms with Crippen molar-refractivity contribution in [2.75, 3.05) is 5.73 Å². The number of nitrogen functional groups attached to an aromatic ring is 1. The zero-order valence-corrected chi connectivity index (χ0v) is 8.31. The van der Waals surface area contributed by atoms with Crippen molar-refractivity contribution in [3.05, 3.63) is 36.2 Å². The molecule has 0 aliphatic heterocycles. The largest absolute Gasteiger partial charge is 0.381 e. The Morgan fingerprint density at radius 1 is 1.33 bits per heavy atom. The molecule has 15 heavy (non-hydrogen) atoms. The Morgan fingerprint density at radius 3 is 3.07 bits per heavy atom. The fourth-order valence-electron chi connectivity index (χ4n) is 1.84. The third-order valence-corrected chi connectivity index (χ3v) is 2.58. The van der Waals surface area contributed by atoms with Crippen LogP contribution in [0.2, 0.25) is 0 Å². The van der Waals surface area contributed by atoms with E-state index in [1.54, 1.807) is 6.20 Å². The molecule has 3 aromatic rings. The number of anilines is 1. The molecule has 0 aliphatic rings. The first kappa shape index (κ1) is 8.23. The lowest BCUT2D eigenvalue weighted by molar-refractivity contribution is 1.21. The molecule has 0 radical (unpaired) electrons. The van der Waals surface area contributed by atoms with E-state index in [0.29, 0.717) is 11.5 Å². The number of benzene rings is 1. The first-order chi connectivity index (χ1) is 7.27. The molecule has 1 aromatic carbocycles. The van der Waals surface area contributed by atoms with Crippen molar-refractivity contribution in [1.82, 2.24) is 14.4 Å². The molecular weight excluding hydrogens is 188 g/mol. The van der Waals surface area contributed by atoms with E-state index in [-0.39, 0.29) is 0 Å². The minimum Gasteiger partial charge on any atom is -0.381 e. The van der Waals surface area contributed by atoms with Gasteiger partial charge in [0.15, 0.2) is 11.5 Å². The van der Waals surface area contributed by atoms with E-state index in [1.165, 1.54) is 0 Å². The number of nitrogens with two attached hydrogens (primary N) is 1. The van der Waals surface area contributed by atoms with E-state index in [4.69, 9.17) is 5.73 Å². The van der Waals surface area contributed by atoms with Crippen LogP contribution >= 0.6 is 0 Å². The maximum Gasteiger partial charge on any atom is 0.180 e. The first-order valence-electron chi connectivity index (χ1n) is 4.75. The summed E-state index contributed by atoms with van der Waals surface area (Å²) in [5, 5.41) is 0. The molecule has 4 heteroatoms. The molecule has 0 spiro atoms. The van der Waals surface area contributed by atoms with E-state index in [0.717, 1.165) is 16.6 Å². The average molecular weight is 198 g/mol. The smallest absolute Gasteiger partial charge is 0.180 e. The van der Waals surface area contributed by atoms with Crippen molar-refractivity contribution >= 4 is 22.5 Å². The van der Waals surface area contributed by atoms with Crippen molar-refractivity contribution < 1.29 is 0 Å². The molecule has 0 atom stereocenters. The molecule has 0 aliphatic carbocycles. The van der Waals surface area contributed by atoms with E-state index >= 15 is 0 Å². The molecule has 0 saturated carbocycles. The highest BCUT2D eigenvalue weighted by Gasteiger charge is 2.07. The zero-order chi connectivity index (χ0) is 10.4. The van der Waals surface area contributed by atoms with Crippen LogP contribution in [0.5, 0.6) is 0 Å². The lowest BCUT2D eigenvalue weighted by atomic mass is 10.2. The molecule has 3 rings (SSSR count). The van der Waals surface area contributed by atoms with Gasteiger partial charge < -0.3 is 5.73 Å². The molecule has 74 valence electrons. The standard InChI is InChI=1S/C11H10N4/c1-7-3-2-4-8-9(7)14-10(12)11-13-5-6-15(8)11/h2-6H,1H3,(H2,12,14). The summed E-state index contributed by atoms with van der Waals surface area (Å²) in [6.45, 7) is 2.03. The Bertz CT molecular complexity index is 654. The van der Waals surface area contributed by atoms with Gasteiger partial charge in [-0.2, -0.15) is 0 Å². The van der Waals surface area contributed by atoms with E-state index in [2.05, 4.69) is 9.97 Å². The fraction of sp³-hybridized carbons (Fsp3) is 0.0909. The van der Waals surface area contributed by atoms with Gasteiger partial charge in [-0.3, -0.25) is 4.40 Å². The zero-order valence-electron chi connectivity index (χ0n) is 8.31. The lowest BCUT2D eigenvalue weighted by Crippen LogP contribution is -1.99. The van der Waals surface area contributed by atoms with Gasteiger partial charge in [-0.25, -0.2) is 9.97 Å². The van der Waals surface area contributed by atoms with Crippen molar-refractivity contribution in [3.8, 4) is 0 Å². The van der Waals surface area contributed by atoms with Crippen LogP contribution in [0, 0.1) is 6.92 Å². The third kappa shape index (κ3) is 1.01. The number of aryl methyl sites for hydroxylation is 1. The van der Waals surface area contributed by atoms with Gasteiger partial charge in [0, 0.05) is 12.4 Å². The topological polar surface area (TPSA) is 56.2 Å². The van der Waals surface area contributed by atoms with Gasteiger partial charge in [0.2, 0.25) is 0 Å². The Morgan fingerprint density at radius 2 is 2.20 bits per heavy atom. The number of hydrogen-bond donors (Lipinski definition) is 1. The summed E-state index contributed by atoms with van der Waals surface area (Å²) in [5.41, 5.74) is 9.65. The Labute approximate surface area is 86.4 Å². The molecule has 2 heterocycles. The maximum absolute atomic E-state index is 5.84. The van der Waals surface area contributed by atoms with E-state index in [1.807, 2.05) is 35.7 Å². The van der Waals surface area contributed by atoms with Crippen LogP contribution in [0.1, 0.15) is 5.56 Å². The molecule has 0 amide bonds. The summed E-state index contributed by atoms with van der Waals surface area (Å²) in [4.78, 5) is 8.54. The number of rotatable bonds is 0. The van der Waals surface area contributed by atoms with Crippen LogP contribution in [0.25, 0.3) is 16.7 Å². The highest BCUT2D eigenvalue weighted by atomic mass is 15.1. The summed E-state index contributed by atoms with van der Waals surface area (Å²) in [6, 6.07) is 6.05. The molecular formula is C11H10N4. The minimum absolute atomic E-state index is 0.474. The van der Waals surface area contributed by atoms with E-state index in [9.17, 15) is 0 Å². The Balaban J connectivity index is 2.66. The average Bonchev–Trinajstić information content (AvgIpc) is 2.69. The van der Waals surface area contributed by atoms with Crippen LogP contribution < -0.4 is 5.73 Å². The number of imidazole rings is 1. The third-order valence-electron chi connectivity index (χ3n) is 2.58. The monoisotopic (exact) mass is 198 g/mol. The first-order valence-corrected chi connectivity index (χ1v) is 4.75. The van der Waals surface area contributed by atoms with Gasteiger partial charge in [0.05, 0.1) is 11.0 Å². The Kier molecular flexibility index (Phi) is 1.48. The highest BCUT2D eigenvalue weighted by molar-refractivity contribution is 5.84. The van der Waals surface area contributed by atoms with Gasteiger partial charge >= 0.3 is 0 Å². The fourth-order valence-corrected chi connectivity index (χ4v) is 1.84. The lowest BCUT2D eigenvalue weighted by Gasteiger charge is -2.05. The van der Waals surface area contributed by atoms with Gasteiger partial charge in [-0.05, 0) is 18.6 Å². The summed E-state index contributed by atoms with van der Waals surface area (Å²) < 4.78 is 1.96. The Hall–Kier alpha value is -2.10. The van der Waals surface area contributed by atoms with Crippen molar-refractivity contribution in [2.45, 2.75) is 6.92 Å². The van der Waals surface area contributed by atoms with Crippen LogP contribution in [-0.4, -0.2) is 14.4 Å². The number of hydrogen-bond acceptors (Lipinski definition) is 3. The second-order valence-electron chi connectivity index (χ2n) is 3.56. The molecule has 0 unspecified atom stereocenters. The summed E-state index contributed by atoms with van der Waals surface area (Å²) in [5.74, 6) is 0.474. The minimum atomic E-state index is 0.474. The van der Waals surface area contributed by atoms with Crippen LogP contribution in [0.4, 0.5) is 5.82 Å². The van der Waals surface area contributed by atoms with Gasteiger partial charge in [0.1, 0.15) is 0 Å². The van der Waals surface area contributed by atoms with Crippen LogP contribution in [0.3, 0.4) is 0 Å². The number of fused-ring (bicyclic) bond motifs is 3. The summed E-state index contributed by atoms with van der Waals surface area (Å²) in [6.07, 6.45) is 3.63. The summed E-state index contributed by atoms with van der Waals surface area (Å²) >= 11 is 0. The van der Waals surface area contributed by atoms with Gasteiger partial charge in [-0.15, -0.1) is 0 Å². The van der Waals surface area contributed by atoms with E-state index < -0.39 is 0 Å². The number of para-hydroxylation sites is 1. The van der Waals surface area contributed by atoms with Crippen molar-refractivity contribution in [3.63, 3.8) is 0 Å². The van der Waals surface area contributed by atoms with Gasteiger partial charge in [0.25, 0.3) is 0 Å². The molecule has 4 nitrogen and oxygen atoms in total. The SMILES string of the molecule is Cc1cccc2c1nc(N)c1nccn12. The van der Waals surface area contributed by atoms with Crippen LogP contribution in [0.15, 0.2) is 30.6 Å². The van der Waals surface area contributed by atoms with Crippen molar-refractivity contribution in [2.24, 2.45) is 0 Å². The van der Waals surface area contributed by atoms with Gasteiger partial charge in [-0.1, -0.05) is 12.1 Å². The van der Waals surface area contributed by atoms with Crippen LogP contribution in [-0.2, 0) is 0 Å².